The number of para-hydroxylation sites is 3. The van der Waals surface area contributed by atoms with Crippen molar-refractivity contribution in [3.63, 3.8) is 0 Å². The Morgan fingerprint density at radius 3 is 1.60 bits per heavy atom. The summed E-state index contributed by atoms with van der Waals surface area (Å²) < 4.78 is 16.5. The van der Waals surface area contributed by atoms with Crippen molar-refractivity contribution in [2.24, 2.45) is 0 Å². The fraction of sp³-hybridized carbons (Fsp3) is 0. The highest BCUT2D eigenvalue weighted by Gasteiger charge is 2.20. The minimum absolute atomic E-state index is 0.854. The van der Waals surface area contributed by atoms with Gasteiger partial charge in [-0.1, -0.05) is 97.1 Å². The van der Waals surface area contributed by atoms with Crippen molar-refractivity contribution in [2.75, 3.05) is 4.90 Å². The van der Waals surface area contributed by atoms with Crippen LogP contribution in [0.25, 0.3) is 91.9 Å². The van der Waals surface area contributed by atoms with Gasteiger partial charge in [-0.15, -0.1) is 11.3 Å². The first-order valence-corrected chi connectivity index (χ1v) is 19.3. The molecule has 0 N–H and O–H groups in total. The predicted octanol–water partition coefficient (Wildman–Crippen LogP) is 14.9. The van der Waals surface area contributed by atoms with Gasteiger partial charge in [0.2, 0.25) is 0 Å². The number of thiophene rings is 1. The second kappa shape index (κ2) is 11.7. The normalized spacial score (nSPS) is 12.0. The van der Waals surface area contributed by atoms with E-state index >= 15 is 0 Å². The van der Waals surface area contributed by atoms with Gasteiger partial charge in [-0.3, -0.25) is 0 Å². The maximum Gasteiger partial charge on any atom is 0.137 e. The van der Waals surface area contributed by atoms with Crippen LogP contribution in [0.1, 0.15) is 0 Å². The van der Waals surface area contributed by atoms with Gasteiger partial charge in [0.05, 0.1) is 5.52 Å². The SMILES string of the molecule is c1ccc(-n2c3cc(-c4ccc(N(c5ccc6c(c5)oc5ccccc56)c5ccc6c(c5)oc5ccccc56)cc4)ccc3c3c4ccccc4sc32)cc1. The Hall–Kier alpha value is -7.08. The van der Waals surface area contributed by atoms with Crippen molar-refractivity contribution in [1.29, 1.82) is 0 Å². The van der Waals surface area contributed by atoms with Crippen LogP contribution in [0.3, 0.4) is 0 Å². The highest BCUT2D eigenvalue weighted by Crippen LogP contribution is 2.45. The summed E-state index contributed by atoms with van der Waals surface area (Å²) in [6.07, 6.45) is 0. The molecule has 5 heteroatoms. The second-order valence-corrected chi connectivity index (χ2v) is 15.2. The molecule has 0 aliphatic rings. The van der Waals surface area contributed by atoms with Gasteiger partial charge in [0.1, 0.15) is 27.2 Å². The molecule has 0 atom stereocenters. The van der Waals surface area contributed by atoms with Crippen LogP contribution in [0.4, 0.5) is 17.1 Å². The summed E-state index contributed by atoms with van der Waals surface area (Å²) in [5, 5.41) is 8.33. The zero-order valence-corrected chi connectivity index (χ0v) is 30.3. The first-order valence-electron chi connectivity index (χ1n) is 18.5. The smallest absolute Gasteiger partial charge is 0.137 e. The molecule has 0 amide bonds. The number of hydrogen-bond donors (Lipinski definition) is 0. The number of hydrogen-bond acceptors (Lipinski definition) is 4. The molecule has 4 nitrogen and oxygen atoms in total. The average molecular weight is 723 g/mol. The van der Waals surface area contributed by atoms with Gasteiger partial charge in [0.25, 0.3) is 0 Å². The van der Waals surface area contributed by atoms with E-state index in [0.29, 0.717) is 0 Å². The van der Waals surface area contributed by atoms with Crippen LogP contribution in [0.2, 0.25) is 0 Å². The molecule has 4 heterocycles. The molecule has 0 spiro atoms. The van der Waals surface area contributed by atoms with Gasteiger partial charge in [0.15, 0.2) is 0 Å². The summed E-state index contributed by atoms with van der Waals surface area (Å²) in [6.45, 7) is 0. The summed E-state index contributed by atoms with van der Waals surface area (Å²) in [5.74, 6) is 0. The first-order chi connectivity index (χ1) is 27.2. The quantitative estimate of drug-likeness (QED) is 0.177. The van der Waals surface area contributed by atoms with E-state index < -0.39 is 0 Å². The van der Waals surface area contributed by atoms with Gasteiger partial charge >= 0.3 is 0 Å². The molecule has 258 valence electrons. The van der Waals surface area contributed by atoms with Gasteiger partial charge in [-0.05, 0) is 83.9 Å². The molecule has 55 heavy (non-hydrogen) atoms. The molecule has 0 saturated heterocycles. The van der Waals surface area contributed by atoms with E-state index in [1.165, 1.54) is 42.5 Å². The van der Waals surface area contributed by atoms with Gasteiger partial charge < -0.3 is 18.3 Å². The van der Waals surface area contributed by atoms with E-state index in [9.17, 15) is 0 Å². The number of furan rings is 2. The third-order valence-corrected chi connectivity index (χ3v) is 12.2. The number of benzene rings is 8. The molecule has 0 aliphatic carbocycles. The minimum atomic E-state index is 0.854. The van der Waals surface area contributed by atoms with E-state index in [1.807, 2.05) is 35.6 Å². The summed E-state index contributed by atoms with van der Waals surface area (Å²) in [5.41, 5.74) is 11.2. The number of nitrogens with zero attached hydrogens (tertiary/aromatic N) is 2. The summed E-state index contributed by atoms with van der Waals surface area (Å²) in [6, 6.07) is 64.7. The van der Waals surface area contributed by atoms with Gasteiger partial charge in [0, 0.05) is 77.3 Å². The van der Waals surface area contributed by atoms with Crippen LogP contribution < -0.4 is 4.90 Å². The minimum Gasteiger partial charge on any atom is -0.456 e. The molecule has 4 aromatic heterocycles. The molecule has 12 rings (SSSR count). The molecular weight excluding hydrogens is 693 g/mol. The molecule has 8 aromatic carbocycles. The Labute approximate surface area is 319 Å². The lowest BCUT2D eigenvalue weighted by Gasteiger charge is -2.25. The standard InChI is InChI=1S/C50H30N2O2S/c1-2-10-33(11-3-1)52-43-28-32(20-25-41(43)49-42-14-6-9-17-48(42)55-50(49)52)31-18-21-34(22-19-31)51(35-23-26-39-37-12-4-7-15-44(37)53-46(39)29-35)36-24-27-40-38-13-5-8-16-45(38)54-47(40)30-36/h1-30H. The van der Waals surface area contributed by atoms with E-state index in [0.717, 1.165) is 66.5 Å². The lowest BCUT2D eigenvalue weighted by Crippen LogP contribution is -2.09. The molecule has 0 saturated carbocycles. The monoisotopic (exact) mass is 722 g/mol. The van der Waals surface area contributed by atoms with Crippen molar-refractivity contribution < 1.29 is 8.83 Å². The number of rotatable bonds is 5. The van der Waals surface area contributed by atoms with E-state index in [-0.39, 0.29) is 0 Å². The first kappa shape index (κ1) is 30.4. The lowest BCUT2D eigenvalue weighted by molar-refractivity contribution is 0.669. The molecule has 0 unspecified atom stereocenters. The largest absolute Gasteiger partial charge is 0.456 e. The molecule has 0 bridgehead atoms. The van der Waals surface area contributed by atoms with E-state index in [4.69, 9.17) is 8.83 Å². The molecule has 0 aliphatic heterocycles. The maximum atomic E-state index is 6.37. The van der Waals surface area contributed by atoms with Crippen molar-refractivity contribution >= 4 is 103 Å². The Morgan fingerprint density at radius 1 is 0.400 bits per heavy atom. The average Bonchev–Trinajstić information content (AvgIpc) is 3.99. The lowest BCUT2D eigenvalue weighted by atomic mass is 10.0. The van der Waals surface area contributed by atoms with Crippen LogP contribution in [-0.4, -0.2) is 4.57 Å². The van der Waals surface area contributed by atoms with Crippen LogP contribution in [0.15, 0.2) is 191 Å². The maximum absolute atomic E-state index is 6.37. The number of aromatic nitrogens is 1. The zero-order chi connectivity index (χ0) is 36.0. The summed E-state index contributed by atoms with van der Waals surface area (Å²) in [7, 11) is 0. The highest BCUT2D eigenvalue weighted by atomic mass is 32.1. The van der Waals surface area contributed by atoms with E-state index in [2.05, 4.69) is 167 Å². The summed E-state index contributed by atoms with van der Waals surface area (Å²) in [4.78, 5) is 3.56. The van der Waals surface area contributed by atoms with Crippen molar-refractivity contribution in [3.05, 3.63) is 182 Å². The summed E-state index contributed by atoms with van der Waals surface area (Å²) >= 11 is 1.86. The molecular formula is C50H30N2O2S. The van der Waals surface area contributed by atoms with Gasteiger partial charge in [-0.25, -0.2) is 0 Å². The Bertz CT molecular complexity index is 3330. The van der Waals surface area contributed by atoms with E-state index in [1.54, 1.807) is 0 Å². The van der Waals surface area contributed by atoms with Crippen LogP contribution in [-0.2, 0) is 0 Å². The predicted molar refractivity (Wildman–Crippen MR) is 231 cm³/mol. The topological polar surface area (TPSA) is 34.5 Å². The molecule has 0 fully saturated rings. The highest BCUT2D eigenvalue weighted by molar-refractivity contribution is 7.25. The Morgan fingerprint density at radius 2 is 0.927 bits per heavy atom. The molecule has 12 aromatic rings. The Kier molecular flexibility index (Phi) is 6.47. The van der Waals surface area contributed by atoms with Crippen molar-refractivity contribution in [2.45, 2.75) is 0 Å². The van der Waals surface area contributed by atoms with Crippen molar-refractivity contribution in [1.82, 2.24) is 4.57 Å². The molecule has 0 radical (unpaired) electrons. The fourth-order valence-corrected chi connectivity index (χ4v) is 9.71. The number of fused-ring (bicyclic) bond motifs is 11. The van der Waals surface area contributed by atoms with Crippen molar-refractivity contribution in [3.8, 4) is 16.8 Å². The van der Waals surface area contributed by atoms with Gasteiger partial charge in [-0.2, -0.15) is 0 Å². The second-order valence-electron chi connectivity index (χ2n) is 14.1. The third kappa shape index (κ3) is 4.64. The number of anilines is 3. The third-order valence-electron chi connectivity index (χ3n) is 11.0. The Balaban J connectivity index is 1.01. The zero-order valence-electron chi connectivity index (χ0n) is 29.4. The fourth-order valence-electron chi connectivity index (χ4n) is 8.46. The van der Waals surface area contributed by atoms with Crippen LogP contribution >= 0.6 is 11.3 Å². The van der Waals surface area contributed by atoms with Crippen LogP contribution in [0, 0.1) is 0 Å². The van der Waals surface area contributed by atoms with Crippen LogP contribution in [0.5, 0.6) is 0 Å².